The highest BCUT2D eigenvalue weighted by molar-refractivity contribution is 9.11. The molecule has 0 radical (unpaired) electrons. The molecule has 4 nitrogen and oxygen atoms in total. The zero-order valence-corrected chi connectivity index (χ0v) is 14.0. The Balaban J connectivity index is 2.54. The number of rotatable bonds is 6. The molecule has 1 amide bonds. The van der Waals surface area contributed by atoms with E-state index in [2.05, 4.69) is 31.9 Å². The van der Waals surface area contributed by atoms with Crippen LogP contribution in [0.1, 0.15) is 23.2 Å². The quantitative estimate of drug-likeness (QED) is 0.551. The number of hydrogen-bond donors (Lipinski definition) is 0. The second kappa shape index (κ2) is 7.65. The van der Waals surface area contributed by atoms with Gasteiger partial charge in [-0.05, 0) is 50.4 Å². The molecule has 0 unspecified atom stereocenters. The van der Waals surface area contributed by atoms with Crippen molar-refractivity contribution in [1.29, 1.82) is 0 Å². The van der Waals surface area contributed by atoms with Gasteiger partial charge in [-0.1, -0.05) is 0 Å². The highest BCUT2D eigenvalue weighted by Crippen LogP contribution is 2.34. The van der Waals surface area contributed by atoms with E-state index in [4.69, 9.17) is 4.74 Å². The van der Waals surface area contributed by atoms with Crippen LogP contribution in [0, 0.1) is 0 Å². The molecule has 0 aliphatic heterocycles. The van der Waals surface area contributed by atoms with Crippen molar-refractivity contribution in [2.45, 2.75) is 12.8 Å². The zero-order valence-electron chi connectivity index (χ0n) is 10.8. The van der Waals surface area contributed by atoms with Gasteiger partial charge in [-0.2, -0.15) is 0 Å². The van der Waals surface area contributed by atoms with Gasteiger partial charge in [0, 0.05) is 26.1 Å². The molecule has 6 heteroatoms. The first kappa shape index (κ1) is 16.2. The van der Waals surface area contributed by atoms with Gasteiger partial charge in [-0.25, -0.2) is 0 Å². The average molecular weight is 393 g/mol. The standard InChI is InChI=1S/C13H15Br2NO3/c1-16(2)12(18)4-3-5-19-13-10(14)6-9(8-17)7-11(13)15/h6-8H,3-5H2,1-2H3. The summed E-state index contributed by atoms with van der Waals surface area (Å²) in [5.41, 5.74) is 0.564. The lowest BCUT2D eigenvalue weighted by molar-refractivity contribution is -0.128. The van der Waals surface area contributed by atoms with E-state index in [1.165, 1.54) is 0 Å². The molecule has 0 bridgehead atoms. The van der Waals surface area contributed by atoms with Crippen LogP contribution < -0.4 is 4.74 Å². The van der Waals surface area contributed by atoms with Crippen LogP contribution in [-0.4, -0.2) is 37.8 Å². The number of nitrogens with zero attached hydrogens (tertiary/aromatic N) is 1. The molecule has 0 saturated carbocycles. The number of aldehydes is 1. The van der Waals surface area contributed by atoms with E-state index in [1.54, 1.807) is 31.1 Å². The highest BCUT2D eigenvalue weighted by Gasteiger charge is 2.09. The lowest BCUT2D eigenvalue weighted by Crippen LogP contribution is -2.21. The van der Waals surface area contributed by atoms with Crippen LogP contribution >= 0.6 is 31.9 Å². The summed E-state index contributed by atoms with van der Waals surface area (Å²) in [5, 5.41) is 0. The van der Waals surface area contributed by atoms with Crippen molar-refractivity contribution in [3.63, 3.8) is 0 Å². The number of hydrogen-bond acceptors (Lipinski definition) is 3. The van der Waals surface area contributed by atoms with Crippen molar-refractivity contribution >= 4 is 44.1 Å². The lowest BCUT2D eigenvalue weighted by atomic mass is 10.2. The number of halogens is 2. The minimum absolute atomic E-state index is 0.0815. The monoisotopic (exact) mass is 391 g/mol. The predicted molar refractivity (Wildman–Crippen MR) is 80.7 cm³/mol. The van der Waals surface area contributed by atoms with Crippen molar-refractivity contribution in [2.24, 2.45) is 0 Å². The van der Waals surface area contributed by atoms with E-state index in [9.17, 15) is 9.59 Å². The Kier molecular flexibility index (Phi) is 6.51. The maximum absolute atomic E-state index is 11.4. The molecule has 1 aromatic carbocycles. The Morgan fingerprint density at radius 3 is 2.37 bits per heavy atom. The predicted octanol–water partition coefficient (Wildman–Crippen LogP) is 3.27. The summed E-state index contributed by atoms with van der Waals surface area (Å²) in [4.78, 5) is 23.6. The van der Waals surface area contributed by atoms with Crippen LogP contribution in [0.15, 0.2) is 21.1 Å². The average Bonchev–Trinajstić information content (AvgIpc) is 2.36. The van der Waals surface area contributed by atoms with Crippen LogP contribution in [0.2, 0.25) is 0 Å². The third kappa shape index (κ3) is 4.95. The van der Waals surface area contributed by atoms with Gasteiger partial charge in [-0.15, -0.1) is 0 Å². The smallest absolute Gasteiger partial charge is 0.222 e. The molecular formula is C13H15Br2NO3. The van der Waals surface area contributed by atoms with Crippen LogP contribution in [0.3, 0.4) is 0 Å². The van der Waals surface area contributed by atoms with Crippen molar-refractivity contribution < 1.29 is 14.3 Å². The summed E-state index contributed by atoms with van der Waals surface area (Å²) in [6.07, 6.45) is 1.87. The summed E-state index contributed by atoms with van der Waals surface area (Å²) in [6.45, 7) is 0.442. The first-order valence-electron chi connectivity index (χ1n) is 5.73. The molecule has 0 spiro atoms. The van der Waals surface area contributed by atoms with E-state index in [0.717, 1.165) is 6.29 Å². The Labute approximate surface area is 129 Å². The minimum Gasteiger partial charge on any atom is -0.491 e. The van der Waals surface area contributed by atoms with Crippen LogP contribution in [-0.2, 0) is 4.79 Å². The summed E-state index contributed by atoms with van der Waals surface area (Å²) < 4.78 is 7.04. The molecule has 0 aromatic heterocycles. The van der Waals surface area contributed by atoms with Gasteiger partial charge in [-0.3, -0.25) is 9.59 Å². The van der Waals surface area contributed by atoms with Crippen molar-refractivity contribution in [3.8, 4) is 5.75 Å². The van der Waals surface area contributed by atoms with Crippen LogP contribution in [0.5, 0.6) is 5.75 Å². The number of ether oxygens (including phenoxy) is 1. The first-order chi connectivity index (χ1) is 8.95. The fraction of sp³-hybridized carbons (Fsp3) is 0.385. The fourth-order valence-electron chi connectivity index (χ4n) is 1.41. The van der Waals surface area contributed by atoms with Gasteiger partial charge in [0.05, 0.1) is 15.6 Å². The van der Waals surface area contributed by atoms with E-state index in [0.29, 0.717) is 39.7 Å². The number of benzene rings is 1. The van der Waals surface area contributed by atoms with Crippen LogP contribution in [0.4, 0.5) is 0 Å². The van der Waals surface area contributed by atoms with Crippen molar-refractivity contribution in [3.05, 3.63) is 26.6 Å². The van der Waals surface area contributed by atoms with Gasteiger partial charge >= 0.3 is 0 Å². The molecule has 0 aliphatic rings. The molecule has 19 heavy (non-hydrogen) atoms. The lowest BCUT2D eigenvalue weighted by Gasteiger charge is -2.12. The van der Waals surface area contributed by atoms with Crippen LogP contribution in [0.25, 0.3) is 0 Å². The Bertz CT molecular complexity index is 452. The first-order valence-corrected chi connectivity index (χ1v) is 7.31. The normalized spacial score (nSPS) is 10.1. The van der Waals surface area contributed by atoms with E-state index < -0.39 is 0 Å². The minimum atomic E-state index is 0.0815. The van der Waals surface area contributed by atoms with Crippen molar-refractivity contribution in [1.82, 2.24) is 4.90 Å². The Hall–Kier alpha value is -0.880. The van der Waals surface area contributed by atoms with E-state index >= 15 is 0 Å². The molecule has 0 aliphatic carbocycles. The Morgan fingerprint density at radius 2 is 1.89 bits per heavy atom. The van der Waals surface area contributed by atoms with Gasteiger partial charge in [0.15, 0.2) is 0 Å². The molecule has 0 fully saturated rings. The summed E-state index contributed by atoms with van der Waals surface area (Å²) >= 11 is 6.71. The molecule has 0 heterocycles. The molecule has 1 rings (SSSR count). The number of carbonyl (C=O) groups is 2. The highest BCUT2D eigenvalue weighted by atomic mass is 79.9. The van der Waals surface area contributed by atoms with Gasteiger partial charge in [0.25, 0.3) is 0 Å². The molecular weight excluding hydrogens is 378 g/mol. The second-order valence-corrected chi connectivity index (χ2v) is 5.88. The SMILES string of the molecule is CN(C)C(=O)CCCOc1c(Br)cc(C=O)cc1Br. The molecule has 1 aromatic rings. The number of carbonyl (C=O) groups excluding carboxylic acids is 2. The summed E-state index contributed by atoms with van der Waals surface area (Å²) in [5.74, 6) is 0.723. The van der Waals surface area contributed by atoms with Gasteiger partial charge in [0.2, 0.25) is 5.91 Å². The van der Waals surface area contributed by atoms with E-state index in [1.807, 2.05) is 0 Å². The van der Waals surface area contributed by atoms with E-state index in [-0.39, 0.29) is 5.91 Å². The van der Waals surface area contributed by atoms with Crippen molar-refractivity contribution in [2.75, 3.05) is 20.7 Å². The topological polar surface area (TPSA) is 46.6 Å². The third-order valence-corrected chi connectivity index (χ3v) is 3.61. The third-order valence-electron chi connectivity index (χ3n) is 2.44. The zero-order chi connectivity index (χ0) is 14.4. The largest absolute Gasteiger partial charge is 0.491 e. The van der Waals surface area contributed by atoms with Gasteiger partial charge in [0.1, 0.15) is 12.0 Å². The Morgan fingerprint density at radius 1 is 1.32 bits per heavy atom. The second-order valence-electron chi connectivity index (χ2n) is 4.17. The maximum atomic E-state index is 11.4. The summed E-state index contributed by atoms with van der Waals surface area (Å²) in [7, 11) is 3.46. The molecule has 0 atom stereocenters. The number of amides is 1. The summed E-state index contributed by atoms with van der Waals surface area (Å²) in [6, 6.07) is 3.39. The molecule has 0 N–H and O–H groups in total. The molecule has 0 saturated heterocycles. The maximum Gasteiger partial charge on any atom is 0.222 e. The molecule has 104 valence electrons. The fourth-order valence-corrected chi connectivity index (χ4v) is 2.86. The van der Waals surface area contributed by atoms with Gasteiger partial charge < -0.3 is 9.64 Å².